The second kappa shape index (κ2) is 12.5. The molecule has 2 aromatic rings. The minimum Gasteiger partial charge on any atom is -0.385 e. The Morgan fingerprint density at radius 2 is 2.00 bits per heavy atom. The van der Waals surface area contributed by atoms with E-state index >= 15 is 4.39 Å². The van der Waals surface area contributed by atoms with Crippen LogP contribution in [0.1, 0.15) is 69.4 Å². The number of hydrogen-bond acceptors (Lipinski definition) is 4. The summed E-state index contributed by atoms with van der Waals surface area (Å²) >= 11 is 0. The zero-order chi connectivity index (χ0) is 26.4. The van der Waals surface area contributed by atoms with Gasteiger partial charge in [-0.25, -0.2) is 4.39 Å². The zero-order valence-electron chi connectivity index (χ0n) is 22.4. The van der Waals surface area contributed by atoms with E-state index in [1.165, 1.54) is 6.07 Å². The van der Waals surface area contributed by atoms with Crippen LogP contribution in [0.25, 0.3) is 11.1 Å². The number of aliphatic hydroxyl groups is 1. The van der Waals surface area contributed by atoms with Crippen molar-refractivity contribution < 1.29 is 19.0 Å². The van der Waals surface area contributed by atoms with Crippen molar-refractivity contribution in [1.82, 2.24) is 4.90 Å². The van der Waals surface area contributed by atoms with Gasteiger partial charge in [0.05, 0.1) is 5.60 Å². The van der Waals surface area contributed by atoms with E-state index in [4.69, 9.17) is 10.5 Å². The topological polar surface area (TPSA) is 75.8 Å². The highest BCUT2D eigenvalue weighted by molar-refractivity contribution is 5.79. The van der Waals surface area contributed by atoms with Crippen molar-refractivity contribution in [2.75, 3.05) is 26.8 Å². The fourth-order valence-electron chi connectivity index (χ4n) is 6.39. The third kappa shape index (κ3) is 6.24. The second-order valence-electron chi connectivity index (χ2n) is 11.0. The molecule has 0 aromatic heterocycles. The summed E-state index contributed by atoms with van der Waals surface area (Å²) in [5, 5.41) is 12.5. The number of nitrogens with two attached hydrogens (primary N) is 1. The van der Waals surface area contributed by atoms with Gasteiger partial charge in [-0.3, -0.25) is 4.79 Å². The first kappa shape index (κ1) is 27.7. The number of hydrogen-bond donors (Lipinski definition) is 2. The van der Waals surface area contributed by atoms with E-state index in [1.807, 2.05) is 35.2 Å². The molecule has 4 rings (SSSR count). The van der Waals surface area contributed by atoms with Crippen LogP contribution in [0.15, 0.2) is 42.5 Å². The lowest BCUT2D eigenvalue weighted by atomic mass is 9.71. The molecular formula is C31H43FN2O3. The summed E-state index contributed by atoms with van der Waals surface area (Å²) < 4.78 is 20.8. The Morgan fingerprint density at radius 1 is 1.19 bits per heavy atom. The highest BCUT2D eigenvalue weighted by atomic mass is 19.1. The van der Waals surface area contributed by atoms with Gasteiger partial charge in [-0.05, 0) is 80.5 Å². The number of benzene rings is 2. The van der Waals surface area contributed by atoms with Gasteiger partial charge in [0.15, 0.2) is 0 Å². The SMILES string of the molecule is CCc1cccc(-c2c(F)cccc2[C@](O)(CCCCOC)[C@@H]2CCCN(C(=O)[C@@H]3CC[C@H](N)C3)C2)c1. The molecule has 1 saturated heterocycles. The molecule has 5 nitrogen and oxygen atoms in total. The molecule has 2 aliphatic rings. The summed E-state index contributed by atoms with van der Waals surface area (Å²) in [6.45, 7) is 3.88. The quantitative estimate of drug-likeness (QED) is 0.418. The summed E-state index contributed by atoms with van der Waals surface area (Å²) in [4.78, 5) is 15.3. The number of carbonyl (C=O) groups is 1. The Hall–Kier alpha value is -2.28. The highest BCUT2D eigenvalue weighted by Crippen LogP contribution is 2.45. The second-order valence-corrected chi connectivity index (χ2v) is 11.0. The van der Waals surface area contributed by atoms with Gasteiger partial charge in [0.25, 0.3) is 0 Å². The van der Waals surface area contributed by atoms with Gasteiger partial charge < -0.3 is 20.5 Å². The molecule has 0 radical (unpaired) electrons. The van der Waals surface area contributed by atoms with Crippen molar-refractivity contribution in [3.05, 3.63) is 59.4 Å². The fourth-order valence-corrected chi connectivity index (χ4v) is 6.39. The summed E-state index contributed by atoms with van der Waals surface area (Å²) in [7, 11) is 1.68. The number of unbranched alkanes of at least 4 members (excludes halogenated alkanes) is 1. The molecule has 6 heteroatoms. The largest absolute Gasteiger partial charge is 0.385 e. The Balaban J connectivity index is 1.70. The number of rotatable bonds is 10. The first-order valence-corrected chi connectivity index (χ1v) is 14.0. The minimum absolute atomic E-state index is 0.0231. The normalized spacial score (nSPS) is 23.7. The standard InChI is InChI=1S/C31H43FN2O3/c1-3-22-9-6-10-23(19-22)29-27(12-7-13-28(29)32)31(36,16-4-5-18-37-2)25-11-8-17-34(21-25)30(35)24-14-15-26(33)20-24/h6-7,9-10,12-13,19,24-26,36H,3-5,8,11,14-18,20-21,33H2,1-2H3/t24-,25-,26+,31+/m1/s1. The first-order chi connectivity index (χ1) is 17.9. The Bertz CT molecular complexity index is 1060. The fraction of sp³-hybridized carbons (Fsp3) is 0.581. The average molecular weight is 511 g/mol. The van der Waals surface area contributed by atoms with Crippen LogP contribution in [0, 0.1) is 17.7 Å². The van der Waals surface area contributed by atoms with Gasteiger partial charge in [-0.2, -0.15) is 0 Å². The number of methoxy groups -OCH3 is 1. The van der Waals surface area contributed by atoms with Gasteiger partial charge in [-0.1, -0.05) is 43.3 Å². The van der Waals surface area contributed by atoms with E-state index in [2.05, 4.69) is 6.92 Å². The molecule has 0 unspecified atom stereocenters. The average Bonchev–Trinajstić information content (AvgIpc) is 3.36. The summed E-state index contributed by atoms with van der Waals surface area (Å²) in [6, 6.07) is 13.1. The maximum absolute atomic E-state index is 15.6. The predicted molar refractivity (Wildman–Crippen MR) is 145 cm³/mol. The zero-order valence-corrected chi connectivity index (χ0v) is 22.4. The molecule has 0 spiro atoms. The number of carbonyl (C=O) groups excluding carboxylic acids is 1. The van der Waals surface area contributed by atoms with E-state index in [0.29, 0.717) is 37.2 Å². The van der Waals surface area contributed by atoms with E-state index in [9.17, 15) is 9.90 Å². The maximum atomic E-state index is 15.6. The molecule has 1 aliphatic carbocycles. The van der Waals surface area contributed by atoms with Gasteiger partial charge in [0, 0.05) is 50.2 Å². The third-order valence-corrected chi connectivity index (χ3v) is 8.49. The van der Waals surface area contributed by atoms with Crippen molar-refractivity contribution >= 4 is 5.91 Å². The Labute approximate surface area is 221 Å². The smallest absolute Gasteiger partial charge is 0.225 e. The third-order valence-electron chi connectivity index (χ3n) is 8.49. The van der Waals surface area contributed by atoms with E-state index in [1.54, 1.807) is 13.2 Å². The molecule has 1 saturated carbocycles. The highest BCUT2D eigenvalue weighted by Gasteiger charge is 2.44. The number of piperidine rings is 1. The number of aryl methyl sites for hydroxylation is 1. The molecule has 4 atom stereocenters. The van der Waals surface area contributed by atoms with Crippen LogP contribution in [0.5, 0.6) is 0 Å². The van der Waals surface area contributed by atoms with E-state index in [0.717, 1.165) is 62.5 Å². The van der Waals surface area contributed by atoms with Gasteiger partial charge >= 0.3 is 0 Å². The van der Waals surface area contributed by atoms with Crippen molar-refractivity contribution in [3.63, 3.8) is 0 Å². The van der Waals surface area contributed by atoms with Crippen molar-refractivity contribution in [2.24, 2.45) is 17.6 Å². The summed E-state index contributed by atoms with van der Waals surface area (Å²) in [6.07, 6.45) is 6.98. The number of amides is 1. The van der Waals surface area contributed by atoms with E-state index in [-0.39, 0.29) is 29.6 Å². The number of ether oxygens (including phenoxy) is 1. The molecule has 1 heterocycles. The monoisotopic (exact) mass is 510 g/mol. The van der Waals surface area contributed by atoms with Crippen molar-refractivity contribution in [2.45, 2.75) is 76.4 Å². The van der Waals surface area contributed by atoms with E-state index < -0.39 is 5.60 Å². The molecule has 3 N–H and O–H groups in total. The van der Waals surface area contributed by atoms with Crippen LogP contribution in [0.2, 0.25) is 0 Å². The lowest BCUT2D eigenvalue weighted by Crippen LogP contribution is -2.49. The number of nitrogens with zero attached hydrogens (tertiary/aromatic N) is 1. The van der Waals surface area contributed by atoms with Gasteiger partial charge in [0.2, 0.25) is 5.91 Å². The molecule has 202 valence electrons. The van der Waals surface area contributed by atoms with Gasteiger partial charge in [0.1, 0.15) is 5.82 Å². The molecule has 0 bridgehead atoms. The Morgan fingerprint density at radius 3 is 2.73 bits per heavy atom. The van der Waals surface area contributed by atoms with Crippen LogP contribution < -0.4 is 5.73 Å². The van der Waals surface area contributed by atoms with Crippen molar-refractivity contribution in [1.29, 1.82) is 0 Å². The van der Waals surface area contributed by atoms with Crippen LogP contribution in [-0.4, -0.2) is 48.8 Å². The molecule has 1 aliphatic heterocycles. The van der Waals surface area contributed by atoms with Crippen LogP contribution in [0.3, 0.4) is 0 Å². The van der Waals surface area contributed by atoms with Crippen LogP contribution in [-0.2, 0) is 21.6 Å². The predicted octanol–water partition coefficient (Wildman–Crippen LogP) is 5.43. The molecule has 2 fully saturated rings. The molecule has 2 aromatic carbocycles. The molecule has 1 amide bonds. The molecular weight excluding hydrogens is 467 g/mol. The van der Waals surface area contributed by atoms with Crippen LogP contribution in [0.4, 0.5) is 4.39 Å². The summed E-state index contributed by atoms with van der Waals surface area (Å²) in [5.74, 6) is -0.373. The van der Waals surface area contributed by atoms with Crippen LogP contribution >= 0.6 is 0 Å². The minimum atomic E-state index is -1.27. The van der Waals surface area contributed by atoms with Crippen molar-refractivity contribution in [3.8, 4) is 11.1 Å². The maximum Gasteiger partial charge on any atom is 0.225 e. The number of likely N-dealkylation sites (tertiary alicyclic amines) is 1. The Kier molecular flexibility index (Phi) is 9.38. The first-order valence-electron chi connectivity index (χ1n) is 14.0. The lowest BCUT2D eigenvalue weighted by molar-refractivity contribution is -0.140. The lowest BCUT2D eigenvalue weighted by Gasteiger charge is -2.44. The number of halogens is 1. The summed E-state index contributed by atoms with van der Waals surface area (Å²) in [5.41, 5.74) is 7.83. The van der Waals surface area contributed by atoms with Gasteiger partial charge in [-0.15, -0.1) is 0 Å². The molecule has 37 heavy (non-hydrogen) atoms.